The molecular weight excluding hydrogens is 190 g/mol. The van der Waals surface area contributed by atoms with Gasteiger partial charge in [0.05, 0.1) is 12.3 Å². The van der Waals surface area contributed by atoms with Gasteiger partial charge in [0.1, 0.15) is 5.75 Å². The third kappa shape index (κ3) is 2.98. The van der Waals surface area contributed by atoms with Crippen molar-refractivity contribution in [3.8, 4) is 5.75 Å². The van der Waals surface area contributed by atoms with E-state index in [9.17, 15) is 0 Å². The minimum Gasteiger partial charge on any atom is -0.490 e. The molecule has 0 bridgehead atoms. The third-order valence-corrected chi connectivity index (χ3v) is 2.04. The van der Waals surface area contributed by atoms with E-state index in [-0.39, 0.29) is 6.10 Å². The highest BCUT2D eigenvalue weighted by atomic mass is 16.5. The maximum Gasteiger partial charge on any atom is 0.125 e. The molecule has 0 fully saturated rings. The SMILES string of the molecule is Cc1cc(/C=N\O)cc(C)c1OC(C)C. The van der Waals surface area contributed by atoms with Crippen molar-refractivity contribution in [1.82, 2.24) is 0 Å². The Morgan fingerprint density at radius 2 is 1.80 bits per heavy atom. The van der Waals surface area contributed by atoms with Gasteiger partial charge in [0, 0.05) is 0 Å². The molecule has 82 valence electrons. The molecule has 0 saturated heterocycles. The summed E-state index contributed by atoms with van der Waals surface area (Å²) in [6, 6.07) is 3.87. The van der Waals surface area contributed by atoms with E-state index < -0.39 is 0 Å². The summed E-state index contributed by atoms with van der Waals surface area (Å²) < 4.78 is 5.70. The second-order valence-electron chi connectivity index (χ2n) is 3.90. The lowest BCUT2D eigenvalue weighted by Crippen LogP contribution is -2.08. The van der Waals surface area contributed by atoms with E-state index >= 15 is 0 Å². The van der Waals surface area contributed by atoms with Crippen LogP contribution in [-0.2, 0) is 0 Å². The van der Waals surface area contributed by atoms with Crippen molar-refractivity contribution in [2.75, 3.05) is 0 Å². The number of oxime groups is 1. The zero-order chi connectivity index (χ0) is 11.4. The van der Waals surface area contributed by atoms with Gasteiger partial charge in [-0.25, -0.2) is 0 Å². The van der Waals surface area contributed by atoms with Gasteiger partial charge in [-0.1, -0.05) is 5.16 Å². The summed E-state index contributed by atoms with van der Waals surface area (Å²) >= 11 is 0. The fourth-order valence-electron chi connectivity index (χ4n) is 1.55. The summed E-state index contributed by atoms with van der Waals surface area (Å²) in [4.78, 5) is 0. The Kier molecular flexibility index (Phi) is 3.72. The van der Waals surface area contributed by atoms with Gasteiger partial charge in [0.2, 0.25) is 0 Å². The predicted octanol–water partition coefficient (Wildman–Crippen LogP) is 2.90. The Labute approximate surface area is 90.4 Å². The average molecular weight is 207 g/mol. The molecule has 0 aliphatic heterocycles. The van der Waals surface area contributed by atoms with Crippen LogP contribution in [0.4, 0.5) is 0 Å². The molecule has 0 aliphatic rings. The molecule has 15 heavy (non-hydrogen) atoms. The summed E-state index contributed by atoms with van der Waals surface area (Å²) in [6.45, 7) is 7.98. The normalized spacial score (nSPS) is 11.3. The molecule has 0 heterocycles. The Morgan fingerprint density at radius 3 is 2.20 bits per heavy atom. The Hall–Kier alpha value is -1.51. The molecule has 1 rings (SSSR count). The number of benzene rings is 1. The summed E-state index contributed by atoms with van der Waals surface area (Å²) in [5, 5.41) is 11.5. The van der Waals surface area contributed by atoms with Crippen molar-refractivity contribution in [3.63, 3.8) is 0 Å². The van der Waals surface area contributed by atoms with Gasteiger partial charge in [-0.15, -0.1) is 0 Å². The molecule has 0 saturated carbocycles. The van der Waals surface area contributed by atoms with Crippen LogP contribution in [0.25, 0.3) is 0 Å². The molecule has 1 aromatic carbocycles. The maximum atomic E-state index is 8.45. The van der Waals surface area contributed by atoms with Crippen LogP contribution >= 0.6 is 0 Å². The molecule has 0 aliphatic carbocycles. The van der Waals surface area contributed by atoms with Gasteiger partial charge in [0.15, 0.2) is 0 Å². The van der Waals surface area contributed by atoms with Crippen LogP contribution in [0.3, 0.4) is 0 Å². The summed E-state index contributed by atoms with van der Waals surface area (Å²) in [7, 11) is 0. The monoisotopic (exact) mass is 207 g/mol. The van der Waals surface area contributed by atoms with Crippen LogP contribution in [0.15, 0.2) is 17.3 Å². The highest BCUT2D eigenvalue weighted by Crippen LogP contribution is 2.25. The van der Waals surface area contributed by atoms with Crippen LogP contribution in [0.5, 0.6) is 5.75 Å². The fraction of sp³-hybridized carbons (Fsp3) is 0.417. The van der Waals surface area contributed by atoms with Gasteiger partial charge in [0.25, 0.3) is 0 Å². The van der Waals surface area contributed by atoms with E-state index in [1.165, 1.54) is 6.21 Å². The van der Waals surface area contributed by atoms with E-state index in [4.69, 9.17) is 9.94 Å². The fourth-order valence-corrected chi connectivity index (χ4v) is 1.55. The first kappa shape index (κ1) is 11.6. The second kappa shape index (κ2) is 4.82. The van der Waals surface area contributed by atoms with Crippen molar-refractivity contribution < 1.29 is 9.94 Å². The zero-order valence-electron chi connectivity index (χ0n) is 9.61. The molecule has 1 aromatic rings. The quantitative estimate of drug-likeness (QED) is 0.470. The lowest BCUT2D eigenvalue weighted by atomic mass is 10.1. The van der Waals surface area contributed by atoms with Crippen molar-refractivity contribution in [2.24, 2.45) is 5.16 Å². The topological polar surface area (TPSA) is 41.8 Å². The Bertz CT molecular complexity index is 347. The van der Waals surface area contributed by atoms with Gasteiger partial charge in [-0.2, -0.15) is 0 Å². The molecule has 0 spiro atoms. The second-order valence-corrected chi connectivity index (χ2v) is 3.90. The van der Waals surface area contributed by atoms with Crippen molar-refractivity contribution >= 4 is 6.21 Å². The Morgan fingerprint density at radius 1 is 1.27 bits per heavy atom. The number of nitrogens with zero attached hydrogens (tertiary/aromatic N) is 1. The van der Waals surface area contributed by atoms with Gasteiger partial charge in [-0.3, -0.25) is 0 Å². The van der Waals surface area contributed by atoms with Crippen LogP contribution in [-0.4, -0.2) is 17.5 Å². The van der Waals surface area contributed by atoms with E-state index in [1.54, 1.807) is 0 Å². The van der Waals surface area contributed by atoms with Gasteiger partial charge in [-0.05, 0) is 56.5 Å². The highest BCUT2D eigenvalue weighted by molar-refractivity contribution is 5.80. The number of aryl methyl sites for hydroxylation is 2. The first-order valence-electron chi connectivity index (χ1n) is 5.00. The zero-order valence-corrected chi connectivity index (χ0v) is 9.61. The first-order valence-corrected chi connectivity index (χ1v) is 5.00. The van der Waals surface area contributed by atoms with Gasteiger partial charge < -0.3 is 9.94 Å². The minimum atomic E-state index is 0.166. The van der Waals surface area contributed by atoms with Crippen LogP contribution < -0.4 is 4.74 Å². The number of hydrogen-bond acceptors (Lipinski definition) is 3. The van der Waals surface area contributed by atoms with Crippen molar-refractivity contribution in [3.05, 3.63) is 28.8 Å². The standard InChI is InChI=1S/C12H17NO2/c1-8(2)15-12-9(3)5-11(7-13-14)6-10(12)4/h5-8,14H,1-4H3/b13-7-. The van der Waals surface area contributed by atoms with E-state index in [2.05, 4.69) is 5.16 Å². The largest absolute Gasteiger partial charge is 0.490 e. The summed E-state index contributed by atoms with van der Waals surface area (Å²) in [5.41, 5.74) is 2.99. The maximum absolute atomic E-state index is 8.45. The number of rotatable bonds is 3. The van der Waals surface area contributed by atoms with Crippen molar-refractivity contribution in [2.45, 2.75) is 33.8 Å². The third-order valence-electron chi connectivity index (χ3n) is 2.04. The number of hydrogen-bond donors (Lipinski definition) is 1. The molecule has 3 nitrogen and oxygen atoms in total. The van der Waals surface area contributed by atoms with E-state index in [0.29, 0.717) is 0 Å². The van der Waals surface area contributed by atoms with Crippen LogP contribution in [0, 0.1) is 13.8 Å². The molecular formula is C12H17NO2. The van der Waals surface area contributed by atoms with Crippen LogP contribution in [0.2, 0.25) is 0 Å². The first-order chi connectivity index (χ1) is 7.04. The highest BCUT2D eigenvalue weighted by Gasteiger charge is 2.07. The van der Waals surface area contributed by atoms with E-state index in [1.807, 2.05) is 39.8 Å². The number of ether oxygens (including phenoxy) is 1. The Balaban J connectivity index is 3.09. The summed E-state index contributed by atoms with van der Waals surface area (Å²) in [6.07, 6.45) is 1.58. The molecule has 0 unspecified atom stereocenters. The molecule has 0 aromatic heterocycles. The molecule has 0 atom stereocenters. The minimum absolute atomic E-state index is 0.166. The lowest BCUT2D eigenvalue weighted by Gasteiger charge is -2.15. The predicted molar refractivity (Wildman–Crippen MR) is 61.1 cm³/mol. The lowest BCUT2D eigenvalue weighted by molar-refractivity contribution is 0.239. The molecule has 3 heteroatoms. The molecule has 1 N–H and O–H groups in total. The summed E-state index contributed by atoms with van der Waals surface area (Å²) in [5.74, 6) is 0.917. The smallest absolute Gasteiger partial charge is 0.125 e. The van der Waals surface area contributed by atoms with Gasteiger partial charge >= 0.3 is 0 Å². The molecule has 0 radical (unpaired) electrons. The van der Waals surface area contributed by atoms with Crippen molar-refractivity contribution in [1.29, 1.82) is 0 Å². The van der Waals surface area contributed by atoms with E-state index in [0.717, 1.165) is 22.4 Å². The average Bonchev–Trinajstić information content (AvgIpc) is 2.11. The molecule has 0 amide bonds. The van der Waals surface area contributed by atoms with Crippen LogP contribution in [0.1, 0.15) is 30.5 Å².